The second kappa shape index (κ2) is 8.42. The Morgan fingerprint density at radius 2 is 1.70 bits per heavy atom. The Balaban J connectivity index is 1.58. The largest absolute Gasteiger partial charge is 0.324 e. The van der Waals surface area contributed by atoms with E-state index in [2.05, 4.69) is 19.2 Å². The Kier molecular flexibility index (Phi) is 5.71. The third-order valence-electron chi connectivity index (χ3n) is 6.13. The van der Waals surface area contributed by atoms with Gasteiger partial charge in [0.05, 0.1) is 0 Å². The first-order valence-corrected chi connectivity index (χ1v) is 10.9. The summed E-state index contributed by atoms with van der Waals surface area (Å²) in [5, 5.41) is 3.03. The van der Waals surface area contributed by atoms with Crippen LogP contribution in [0.5, 0.6) is 0 Å². The van der Waals surface area contributed by atoms with Crippen molar-refractivity contribution in [1.29, 1.82) is 0 Å². The molecule has 0 atom stereocenters. The molecule has 0 radical (unpaired) electrons. The number of hydrogen-bond acceptors (Lipinski definition) is 3. The molecule has 1 aliphatic heterocycles. The number of rotatable bonds is 5. The minimum Gasteiger partial charge on any atom is -0.324 e. The lowest BCUT2D eigenvalue weighted by atomic mass is 9.88. The Morgan fingerprint density at radius 1 is 1.03 bits per heavy atom. The van der Waals surface area contributed by atoms with E-state index >= 15 is 0 Å². The summed E-state index contributed by atoms with van der Waals surface area (Å²) >= 11 is 0. The number of carbonyl (C=O) groups is 2. The molecule has 1 N–H and O–H groups in total. The molecule has 2 aromatic rings. The lowest BCUT2D eigenvalue weighted by molar-refractivity contribution is -0.134. The minimum atomic E-state index is -0.588. The van der Waals surface area contributed by atoms with Crippen molar-refractivity contribution in [3.8, 4) is 0 Å². The lowest BCUT2D eigenvalue weighted by Crippen LogP contribution is -2.51. The van der Waals surface area contributed by atoms with E-state index in [1.165, 1.54) is 0 Å². The van der Waals surface area contributed by atoms with Gasteiger partial charge in [-0.25, -0.2) is 0 Å². The lowest BCUT2D eigenvalue weighted by Gasteiger charge is -2.38. The fraction of sp³-hybridized carbons (Fsp3) is 0.400. The first-order chi connectivity index (χ1) is 14.5. The second-order valence-electron chi connectivity index (χ2n) is 8.55. The standard InChI is InChI=1S/C25H29N3O2/c1-18(2)20-13-7-8-14-21(20)26-22(29)17-28-24(30)23(19-11-5-3-6-12-19)27-25(28)15-9-4-10-16-25/h3,5-8,11-14,18H,4,9-10,15-17H2,1-2H3,(H,26,29). The summed E-state index contributed by atoms with van der Waals surface area (Å²) < 4.78 is 0. The molecule has 30 heavy (non-hydrogen) atoms. The molecule has 1 fully saturated rings. The average Bonchev–Trinajstić information content (AvgIpc) is 3.01. The molecule has 2 aromatic carbocycles. The van der Waals surface area contributed by atoms with E-state index in [0.29, 0.717) is 11.6 Å². The van der Waals surface area contributed by atoms with Crippen LogP contribution in [0.3, 0.4) is 0 Å². The summed E-state index contributed by atoms with van der Waals surface area (Å²) in [5.74, 6) is -0.0195. The highest BCUT2D eigenvalue weighted by Gasteiger charge is 2.48. The highest BCUT2D eigenvalue weighted by atomic mass is 16.2. The molecule has 2 amide bonds. The first kappa shape index (κ1) is 20.3. The zero-order valence-corrected chi connectivity index (χ0v) is 17.7. The first-order valence-electron chi connectivity index (χ1n) is 10.9. The molecule has 1 heterocycles. The zero-order valence-electron chi connectivity index (χ0n) is 17.7. The van der Waals surface area contributed by atoms with E-state index in [4.69, 9.17) is 4.99 Å². The van der Waals surface area contributed by atoms with Gasteiger partial charge in [-0.3, -0.25) is 14.6 Å². The van der Waals surface area contributed by atoms with Crippen molar-refractivity contribution in [2.24, 2.45) is 4.99 Å². The van der Waals surface area contributed by atoms with Gasteiger partial charge in [-0.2, -0.15) is 0 Å². The molecule has 0 aromatic heterocycles. The van der Waals surface area contributed by atoms with E-state index in [9.17, 15) is 9.59 Å². The topological polar surface area (TPSA) is 61.8 Å². The Labute approximate surface area is 178 Å². The summed E-state index contributed by atoms with van der Waals surface area (Å²) in [5.41, 5.74) is 2.61. The maximum absolute atomic E-state index is 13.4. The number of aliphatic imine (C=N–C) groups is 1. The number of anilines is 1. The Bertz CT molecular complexity index is 959. The van der Waals surface area contributed by atoms with Crippen molar-refractivity contribution in [2.75, 3.05) is 11.9 Å². The predicted octanol–water partition coefficient (Wildman–Crippen LogP) is 4.74. The van der Waals surface area contributed by atoms with E-state index in [0.717, 1.165) is 48.9 Å². The SMILES string of the molecule is CC(C)c1ccccc1NC(=O)CN1C(=O)C(c2ccccc2)=NC12CCCCC2. The molecular formula is C25H29N3O2. The summed E-state index contributed by atoms with van der Waals surface area (Å²) in [4.78, 5) is 33.0. The number of para-hydroxylation sites is 1. The van der Waals surface area contributed by atoms with E-state index in [1.54, 1.807) is 4.90 Å². The predicted molar refractivity (Wildman–Crippen MR) is 120 cm³/mol. The highest BCUT2D eigenvalue weighted by molar-refractivity contribution is 6.47. The molecule has 1 spiro atoms. The van der Waals surface area contributed by atoms with Crippen LogP contribution in [0.1, 0.15) is 63.0 Å². The number of hydrogen-bond donors (Lipinski definition) is 1. The quantitative estimate of drug-likeness (QED) is 0.784. The highest BCUT2D eigenvalue weighted by Crippen LogP contribution is 2.39. The Hall–Kier alpha value is -2.95. The maximum atomic E-state index is 13.4. The molecule has 1 aliphatic carbocycles. The van der Waals surface area contributed by atoms with Gasteiger partial charge >= 0.3 is 0 Å². The second-order valence-corrected chi connectivity index (χ2v) is 8.55. The molecule has 0 unspecified atom stereocenters. The summed E-state index contributed by atoms with van der Waals surface area (Å²) in [6.45, 7) is 4.23. The van der Waals surface area contributed by atoms with Gasteiger partial charge in [0, 0.05) is 11.3 Å². The van der Waals surface area contributed by atoms with E-state index in [1.807, 2.05) is 54.6 Å². The van der Waals surface area contributed by atoms with Crippen LogP contribution in [0.15, 0.2) is 59.6 Å². The van der Waals surface area contributed by atoms with Crippen molar-refractivity contribution >= 4 is 23.2 Å². The van der Waals surface area contributed by atoms with Gasteiger partial charge < -0.3 is 10.2 Å². The fourth-order valence-electron chi connectivity index (χ4n) is 4.58. The van der Waals surface area contributed by atoms with Gasteiger partial charge in [0.25, 0.3) is 5.91 Å². The van der Waals surface area contributed by atoms with Crippen LogP contribution < -0.4 is 5.32 Å². The molecule has 0 saturated heterocycles. The van der Waals surface area contributed by atoms with Crippen molar-refractivity contribution in [3.05, 3.63) is 65.7 Å². The van der Waals surface area contributed by atoms with Crippen LogP contribution >= 0.6 is 0 Å². The minimum absolute atomic E-state index is 0.0189. The molecule has 5 nitrogen and oxygen atoms in total. The molecule has 0 bridgehead atoms. The van der Waals surface area contributed by atoms with Crippen LogP contribution in [0.25, 0.3) is 0 Å². The smallest absolute Gasteiger partial charge is 0.275 e. The number of nitrogens with zero attached hydrogens (tertiary/aromatic N) is 2. The van der Waals surface area contributed by atoms with Gasteiger partial charge in [0.15, 0.2) is 0 Å². The van der Waals surface area contributed by atoms with Crippen molar-refractivity contribution in [2.45, 2.75) is 57.5 Å². The van der Waals surface area contributed by atoms with Gasteiger partial charge in [0.2, 0.25) is 5.91 Å². The van der Waals surface area contributed by atoms with Crippen molar-refractivity contribution in [3.63, 3.8) is 0 Å². The van der Waals surface area contributed by atoms with Gasteiger partial charge in [-0.05, 0) is 43.2 Å². The molecule has 1 saturated carbocycles. The number of carbonyl (C=O) groups excluding carboxylic acids is 2. The molecular weight excluding hydrogens is 374 g/mol. The monoisotopic (exact) mass is 403 g/mol. The Morgan fingerprint density at radius 3 is 2.40 bits per heavy atom. The van der Waals surface area contributed by atoms with Gasteiger partial charge in [-0.15, -0.1) is 0 Å². The van der Waals surface area contributed by atoms with Crippen LogP contribution in [-0.2, 0) is 9.59 Å². The summed E-state index contributed by atoms with van der Waals surface area (Å²) in [7, 11) is 0. The van der Waals surface area contributed by atoms with Crippen molar-refractivity contribution < 1.29 is 9.59 Å². The molecule has 5 heteroatoms. The number of benzene rings is 2. The number of amides is 2. The van der Waals surface area contributed by atoms with Crippen LogP contribution in [0, 0.1) is 0 Å². The summed E-state index contributed by atoms with van der Waals surface area (Å²) in [6, 6.07) is 17.4. The molecule has 2 aliphatic rings. The van der Waals surface area contributed by atoms with Crippen molar-refractivity contribution in [1.82, 2.24) is 4.90 Å². The maximum Gasteiger partial charge on any atom is 0.275 e. The average molecular weight is 404 g/mol. The molecule has 156 valence electrons. The van der Waals surface area contributed by atoms with E-state index < -0.39 is 5.66 Å². The number of nitrogens with one attached hydrogen (secondary N) is 1. The van der Waals surface area contributed by atoms with Gasteiger partial charge in [0.1, 0.15) is 17.9 Å². The normalized spacial score (nSPS) is 18.0. The van der Waals surface area contributed by atoms with Crippen LogP contribution in [-0.4, -0.2) is 34.6 Å². The summed E-state index contributed by atoms with van der Waals surface area (Å²) in [6.07, 6.45) is 4.81. The fourth-order valence-corrected chi connectivity index (χ4v) is 4.58. The van der Waals surface area contributed by atoms with Crippen LogP contribution in [0.2, 0.25) is 0 Å². The zero-order chi connectivity index (χ0) is 21.1. The molecule has 4 rings (SSSR count). The third-order valence-corrected chi connectivity index (χ3v) is 6.13. The third kappa shape index (κ3) is 3.89. The van der Waals surface area contributed by atoms with Gasteiger partial charge in [-0.1, -0.05) is 68.8 Å². The van der Waals surface area contributed by atoms with Crippen LogP contribution in [0.4, 0.5) is 5.69 Å². The van der Waals surface area contributed by atoms with E-state index in [-0.39, 0.29) is 18.4 Å².